The molecule has 1 aromatic heterocycles. The molecule has 0 aliphatic rings. The summed E-state index contributed by atoms with van der Waals surface area (Å²) in [5.41, 5.74) is 0.251. The van der Waals surface area contributed by atoms with E-state index in [2.05, 4.69) is 37.2 Å². The topological polar surface area (TPSA) is 45.4 Å². The van der Waals surface area contributed by atoms with Gasteiger partial charge in [-0.2, -0.15) is 0 Å². The van der Waals surface area contributed by atoms with Crippen LogP contribution in [0.1, 0.15) is 12.7 Å². The molecule has 2 N–H and O–H groups in total. The molecule has 0 fully saturated rings. The Bertz CT molecular complexity index is 541. The molecule has 2 aromatic rings. The van der Waals surface area contributed by atoms with E-state index in [0.717, 1.165) is 10.2 Å². The van der Waals surface area contributed by atoms with E-state index in [4.69, 9.17) is 4.42 Å². The van der Waals surface area contributed by atoms with Gasteiger partial charge in [0.05, 0.1) is 6.61 Å². The second-order valence-electron chi connectivity index (χ2n) is 4.23. The monoisotopic (exact) mass is 373 g/mol. The zero-order valence-electron chi connectivity index (χ0n) is 9.78. The average Bonchev–Trinajstić information content (AvgIpc) is 2.76. The second-order valence-corrected chi connectivity index (χ2v) is 5.93. The van der Waals surface area contributed by atoms with E-state index in [0.29, 0.717) is 10.4 Å². The first-order valence-electron chi connectivity index (χ1n) is 5.44. The molecule has 0 spiro atoms. The van der Waals surface area contributed by atoms with Crippen molar-refractivity contribution in [2.24, 2.45) is 0 Å². The van der Waals surface area contributed by atoms with Gasteiger partial charge in [0.2, 0.25) is 0 Å². The van der Waals surface area contributed by atoms with E-state index in [-0.39, 0.29) is 6.61 Å². The lowest BCUT2D eigenvalue weighted by Gasteiger charge is -2.27. The van der Waals surface area contributed by atoms with Gasteiger partial charge < -0.3 is 14.8 Å². The number of halogens is 2. The zero-order valence-corrected chi connectivity index (χ0v) is 13.0. The molecule has 0 saturated heterocycles. The molecule has 96 valence electrons. The fourth-order valence-corrected chi connectivity index (χ4v) is 2.38. The van der Waals surface area contributed by atoms with Crippen molar-refractivity contribution in [1.82, 2.24) is 0 Å². The SMILES string of the molecule is CC(CO)(Nc1cccc(Br)c1)c1ccc(Br)o1. The maximum Gasteiger partial charge on any atom is 0.169 e. The fraction of sp³-hybridized carbons (Fsp3) is 0.231. The van der Waals surface area contributed by atoms with Crippen LogP contribution in [-0.4, -0.2) is 11.7 Å². The highest BCUT2D eigenvalue weighted by atomic mass is 79.9. The predicted octanol–water partition coefficient (Wildman–Crippen LogP) is 4.12. The lowest BCUT2D eigenvalue weighted by atomic mass is 10.00. The van der Waals surface area contributed by atoms with Crippen LogP contribution in [0.15, 0.2) is 50.0 Å². The Labute approximate surface area is 122 Å². The van der Waals surface area contributed by atoms with Crippen LogP contribution in [0.3, 0.4) is 0 Å². The summed E-state index contributed by atoms with van der Waals surface area (Å²) in [4.78, 5) is 0. The van der Waals surface area contributed by atoms with Gasteiger partial charge in [-0.05, 0) is 53.2 Å². The van der Waals surface area contributed by atoms with Gasteiger partial charge in [0.15, 0.2) is 4.67 Å². The van der Waals surface area contributed by atoms with Crippen molar-refractivity contribution in [3.63, 3.8) is 0 Å². The molecule has 1 aromatic carbocycles. The first-order chi connectivity index (χ1) is 8.53. The Morgan fingerprint density at radius 2 is 2.06 bits per heavy atom. The Morgan fingerprint density at radius 1 is 1.28 bits per heavy atom. The number of aliphatic hydroxyl groups excluding tert-OH is 1. The third-order valence-corrected chi connectivity index (χ3v) is 3.60. The molecule has 18 heavy (non-hydrogen) atoms. The molecule has 1 atom stereocenters. The van der Waals surface area contributed by atoms with Gasteiger partial charge in [-0.25, -0.2) is 0 Å². The minimum atomic E-state index is -0.660. The van der Waals surface area contributed by atoms with Crippen LogP contribution in [0.25, 0.3) is 0 Å². The van der Waals surface area contributed by atoms with Gasteiger partial charge in [-0.15, -0.1) is 0 Å². The molecule has 0 saturated carbocycles. The van der Waals surface area contributed by atoms with Crippen molar-refractivity contribution in [2.45, 2.75) is 12.5 Å². The summed E-state index contributed by atoms with van der Waals surface area (Å²) in [5.74, 6) is 0.678. The molecular formula is C13H13Br2NO2. The molecule has 3 nitrogen and oxygen atoms in total. The summed E-state index contributed by atoms with van der Waals surface area (Å²) in [5, 5.41) is 12.9. The van der Waals surface area contributed by atoms with Crippen LogP contribution in [0.2, 0.25) is 0 Å². The van der Waals surface area contributed by atoms with Crippen molar-refractivity contribution >= 4 is 37.5 Å². The molecule has 0 bridgehead atoms. The predicted molar refractivity (Wildman–Crippen MR) is 78.6 cm³/mol. The van der Waals surface area contributed by atoms with Gasteiger partial charge >= 0.3 is 0 Å². The van der Waals surface area contributed by atoms with Crippen LogP contribution in [-0.2, 0) is 5.54 Å². The third-order valence-electron chi connectivity index (χ3n) is 2.68. The van der Waals surface area contributed by atoms with E-state index in [1.165, 1.54) is 0 Å². The van der Waals surface area contributed by atoms with E-state index in [9.17, 15) is 5.11 Å². The van der Waals surface area contributed by atoms with Crippen molar-refractivity contribution in [2.75, 3.05) is 11.9 Å². The summed E-state index contributed by atoms with van der Waals surface area (Å²) in [7, 11) is 0. The quantitative estimate of drug-likeness (QED) is 0.845. The van der Waals surface area contributed by atoms with Crippen molar-refractivity contribution in [3.8, 4) is 0 Å². The van der Waals surface area contributed by atoms with E-state index >= 15 is 0 Å². The summed E-state index contributed by atoms with van der Waals surface area (Å²) in [6.45, 7) is 1.82. The Hall–Kier alpha value is -0.780. The van der Waals surface area contributed by atoms with Crippen LogP contribution in [0, 0.1) is 0 Å². The largest absolute Gasteiger partial charge is 0.452 e. The van der Waals surface area contributed by atoms with Gasteiger partial charge in [0, 0.05) is 10.2 Å². The van der Waals surface area contributed by atoms with Crippen LogP contribution < -0.4 is 5.32 Å². The number of aliphatic hydroxyl groups is 1. The lowest BCUT2D eigenvalue weighted by Crippen LogP contribution is -2.35. The molecule has 0 aliphatic heterocycles. The van der Waals surface area contributed by atoms with Gasteiger partial charge in [-0.1, -0.05) is 22.0 Å². The highest BCUT2D eigenvalue weighted by Crippen LogP contribution is 2.29. The normalized spacial score (nSPS) is 14.2. The number of hydrogen-bond donors (Lipinski definition) is 2. The standard InChI is InChI=1S/C13H13Br2NO2/c1-13(8-17,11-5-6-12(15)18-11)16-10-4-2-3-9(14)7-10/h2-7,16-17H,8H2,1H3. The molecule has 1 heterocycles. The number of anilines is 1. The van der Waals surface area contributed by atoms with Crippen LogP contribution in [0.4, 0.5) is 5.69 Å². The van der Waals surface area contributed by atoms with Crippen LogP contribution in [0.5, 0.6) is 0 Å². The molecule has 0 amide bonds. The number of nitrogens with one attached hydrogen (secondary N) is 1. The van der Waals surface area contributed by atoms with Crippen molar-refractivity contribution in [1.29, 1.82) is 0 Å². The maximum atomic E-state index is 9.63. The highest BCUT2D eigenvalue weighted by Gasteiger charge is 2.29. The smallest absolute Gasteiger partial charge is 0.169 e. The fourth-order valence-electron chi connectivity index (χ4n) is 1.67. The van der Waals surface area contributed by atoms with Gasteiger partial charge in [-0.3, -0.25) is 0 Å². The highest BCUT2D eigenvalue weighted by molar-refractivity contribution is 9.10. The maximum absolute atomic E-state index is 9.63. The average molecular weight is 375 g/mol. The minimum absolute atomic E-state index is 0.0700. The molecular weight excluding hydrogens is 362 g/mol. The number of furan rings is 1. The number of rotatable bonds is 4. The van der Waals surface area contributed by atoms with Crippen molar-refractivity contribution < 1.29 is 9.52 Å². The van der Waals surface area contributed by atoms with Gasteiger partial charge in [0.1, 0.15) is 11.3 Å². The summed E-state index contributed by atoms with van der Waals surface area (Å²) in [6.07, 6.45) is 0. The molecule has 0 aliphatic carbocycles. The van der Waals surface area contributed by atoms with E-state index in [1.54, 1.807) is 0 Å². The second kappa shape index (κ2) is 5.47. The van der Waals surface area contributed by atoms with Crippen molar-refractivity contribution in [3.05, 3.63) is 51.3 Å². The van der Waals surface area contributed by atoms with E-state index < -0.39 is 5.54 Å². The summed E-state index contributed by atoms with van der Waals surface area (Å²) in [6, 6.07) is 11.4. The molecule has 2 rings (SSSR count). The Balaban J connectivity index is 2.28. The third kappa shape index (κ3) is 2.96. The number of hydrogen-bond acceptors (Lipinski definition) is 3. The molecule has 1 unspecified atom stereocenters. The van der Waals surface area contributed by atoms with E-state index in [1.807, 2.05) is 43.3 Å². The molecule has 5 heteroatoms. The van der Waals surface area contributed by atoms with Crippen LogP contribution >= 0.6 is 31.9 Å². The van der Waals surface area contributed by atoms with Gasteiger partial charge in [0.25, 0.3) is 0 Å². The zero-order chi connectivity index (χ0) is 13.2. The lowest BCUT2D eigenvalue weighted by molar-refractivity contribution is 0.202. The Morgan fingerprint density at radius 3 is 2.61 bits per heavy atom. The Kier molecular flexibility index (Phi) is 4.14. The molecule has 0 radical (unpaired) electrons. The minimum Gasteiger partial charge on any atom is -0.452 e. The summed E-state index contributed by atoms with van der Waals surface area (Å²) >= 11 is 6.69. The first kappa shape index (κ1) is 13.6. The first-order valence-corrected chi connectivity index (χ1v) is 7.02. The summed E-state index contributed by atoms with van der Waals surface area (Å²) < 4.78 is 7.15. The number of benzene rings is 1.